The average molecular weight is 277 g/mol. The van der Waals surface area contributed by atoms with E-state index in [1.54, 1.807) is 12.3 Å². The molecule has 0 saturated heterocycles. The Morgan fingerprint density at radius 3 is 3.05 bits per heavy atom. The molecule has 1 aliphatic heterocycles. The van der Waals surface area contributed by atoms with Crippen molar-refractivity contribution in [1.29, 1.82) is 0 Å². The van der Waals surface area contributed by atoms with Gasteiger partial charge in [-0.15, -0.1) is 0 Å². The average Bonchev–Trinajstić information content (AvgIpc) is 2.81. The third-order valence-corrected chi connectivity index (χ3v) is 3.47. The molecule has 0 fully saturated rings. The smallest absolute Gasteiger partial charge is 0.226 e. The molecule has 0 bridgehead atoms. The first-order valence-electron chi connectivity index (χ1n) is 6.16. The summed E-state index contributed by atoms with van der Waals surface area (Å²) < 4.78 is 1.82. The number of amides is 1. The highest BCUT2D eigenvalue weighted by Gasteiger charge is 2.29. The Morgan fingerprint density at radius 1 is 1.53 bits per heavy atom. The van der Waals surface area contributed by atoms with Gasteiger partial charge in [0.25, 0.3) is 0 Å². The number of aryl methyl sites for hydroxylation is 1. The van der Waals surface area contributed by atoms with Crippen molar-refractivity contribution in [2.24, 2.45) is 0 Å². The monoisotopic (exact) mass is 276 g/mol. The Morgan fingerprint density at radius 2 is 2.37 bits per heavy atom. The molecule has 0 spiro atoms. The summed E-state index contributed by atoms with van der Waals surface area (Å²) in [5, 5.41) is 7.74. The lowest BCUT2D eigenvalue weighted by molar-refractivity contribution is -0.116. The fraction of sp³-hybridized carbons (Fsp3) is 0.308. The maximum absolute atomic E-state index is 11.8. The normalized spacial score (nSPS) is 18.0. The molecule has 6 heteroatoms. The van der Waals surface area contributed by atoms with Crippen LogP contribution in [0.15, 0.2) is 24.5 Å². The van der Waals surface area contributed by atoms with E-state index in [0.29, 0.717) is 17.3 Å². The number of fused-ring (bicyclic) bond motifs is 1. The number of nitrogens with one attached hydrogen (secondary N) is 1. The Labute approximate surface area is 115 Å². The SMILES string of the molecule is CCn1cc2c(n1)NC(=O)CC2c1ccc(Cl)cn1. The maximum atomic E-state index is 11.8. The summed E-state index contributed by atoms with van der Waals surface area (Å²) in [7, 11) is 0. The van der Waals surface area contributed by atoms with Gasteiger partial charge in [0, 0.05) is 42.5 Å². The summed E-state index contributed by atoms with van der Waals surface area (Å²) in [6.07, 6.45) is 3.96. The van der Waals surface area contributed by atoms with E-state index in [0.717, 1.165) is 17.8 Å². The van der Waals surface area contributed by atoms with Gasteiger partial charge in [0.15, 0.2) is 5.82 Å². The van der Waals surface area contributed by atoms with Crippen molar-refractivity contribution < 1.29 is 4.79 Å². The molecule has 3 rings (SSSR count). The van der Waals surface area contributed by atoms with E-state index in [2.05, 4.69) is 15.4 Å². The highest BCUT2D eigenvalue weighted by atomic mass is 35.5. The summed E-state index contributed by atoms with van der Waals surface area (Å²) in [6.45, 7) is 2.78. The van der Waals surface area contributed by atoms with Crippen LogP contribution in [0.4, 0.5) is 5.82 Å². The summed E-state index contributed by atoms with van der Waals surface area (Å²) in [6, 6.07) is 3.65. The molecule has 1 unspecified atom stereocenters. The van der Waals surface area contributed by atoms with E-state index < -0.39 is 0 Å². The van der Waals surface area contributed by atoms with Crippen LogP contribution in [0.2, 0.25) is 5.02 Å². The number of rotatable bonds is 2. The molecule has 19 heavy (non-hydrogen) atoms. The first-order valence-corrected chi connectivity index (χ1v) is 6.54. The summed E-state index contributed by atoms with van der Waals surface area (Å²) in [5.41, 5.74) is 1.85. The minimum absolute atomic E-state index is 0.0318. The second-order valence-corrected chi connectivity index (χ2v) is 4.93. The largest absolute Gasteiger partial charge is 0.309 e. The number of hydrogen-bond acceptors (Lipinski definition) is 3. The van der Waals surface area contributed by atoms with Crippen molar-refractivity contribution in [3.63, 3.8) is 0 Å². The van der Waals surface area contributed by atoms with Crippen LogP contribution in [0.3, 0.4) is 0 Å². The fourth-order valence-corrected chi connectivity index (χ4v) is 2.40. The molecule has 98 valence electrons. The van der Waals surface area contributed by atoms with Crippen molar-refractivity contribution >= 4 is 23.3 Å². The highest BCUT2D eigenvalue weighted by molar-refractivity contribution is 6.30. The maximum Gasteiger partial charge on any atom is 0.226 e. The lowest BCUT2D eigenvalue weighted by Crippen LogP contribution is -2.23. The van der Waals surface area contributed by atoms with E-state index in [1.807, 2.05) is 23.9 Å². The van der Waals surface area contributed by atoms with Crippen LogP contribution in [0.5, 0.6) is 0 Å². The molecule has 0 aliphatic carbocycles. The Bertz CT molecular complexity index is 620. The van der Waals surface area contributed by atoms with Crippen LogP contribution in [-0.4, -0.2) is 20.7 Å². The molecule has 1 N–H and O–H groups in total. The van der Waals surface area contributed by atoms with E-state index in [4.69, 9.17) is 11.6 Å². The Hall–Kier alpha value is -1.88. The van der Waals surface area contributed by atoms with E-state index in [1.165, 1.54) is 0 Å². The molecule has 1 atom stereocenters. The molecule has 0 radical (unpaired) electrons. The predicted octanol–water partition coefficient (Wildman–Crippen LogP) is 2.43. The number of aromatic nitrogens is 3. The second kappa shape index (κ2) is 4.66. The lowest BCUT2D eigenvalue weighted by Gasteiger charge is -2.20. The van der Waals surface area contributed by atoms with Crippen molar-refractivity contribution in [2.45, 2.75) is 25.8 Å². The summed E-state index contributed by atoms with van der Waals surface area (Å²) >= 11 is 5.85. The van der Waals surface area contributed by atoms with E-state index in [-0.39, 0.29) is 11.8 Å². The number of hydrogen-bond donors (Lipinski definition) is 1. The summed E-state index contributed by atoms with van der Waals surface area (Å²) in [5.74, 6) is 0.553. The molecule has 1 amide bonds. The molecular weight excluding hydrogens is 264 g/mol. The first kappa shape index (κ1) is 12.2. The van der Waals surface area contributed by atoms with Gasteiger partial charge in [0.05, 0.1) is 5.02 Å². The highest BCUT2D eigenvalue weighted by Crippen LogP contribution is 2.35. The molecule has 5 nitrogen and oxygen atoms in total. The number of pyridine rings is 1. The number of carbonyl (C=O) groups excluding carboxylic acids is 1. The zero-order chi connectivity index (χ0) is 13.4. The minimum atomic E-state index is -0.0543. The van der Waals surface area contributed by atoms with Gasteiger partial charge in [0.2, 0.25) is 5.91 Å². The number of carbonyl (C=O) groups is 1. The van der Waals surface area contributed by atoms with Gasteiger partial charge < -0.3 is 5.32 Å². The Balaban J connectivity index is 2.05. The van der Waals surface area contributed by atoms with Gasteiger partial charge in [-0.3, -0.25) is 14.5 Å². The van der Waals surface area contributed by atoms with Gasteiger partial charge in [-0.1, -0.05) is 11.6 Å². The number of halogens is 1. The van der Waals surface area contributed by atoms with Gasteiger partial charge in [-0.05, 0) is 19.1 Å². The number of nitrogens with zero attached hydrogens (tertiary/aromatic N) is 3. The lowest BCUT2D eigenvalue weighted by atomic mass is 9.91. The molecule has 2 aromatic heterocycles. The van der Waals surface area contributed by atoms with Crippen LogP contribution >= 0.6 is 11.6 Å². The van der Waals surface area contributed by atoms with Crippen LogP contribution in [0, 0.1) is 0 Å². The zero-order valence-corrected chi connectivity index (χ0v) is 11.2. The van der Waals surface area contributed by atoms with E-state index in [9.17, 15) is 4.79 Å². The Kier molecular flexibility index (Phi) is 2.98. The fourth-order valence-electron chi connectivity index (χ4n) is 2.29. The van der Waals surface area contributed by atoms with Crippen molar-refractivity contribution in [3.05, 3.63) is 40.8 Å². The van der Waals surface area contributed by atoms with Crippen molar-refractivity contribution in [3.8, 4) is 0 Å². The van der Waals surface area contributed by atoms with Crippen LogP contribution in [0.25, 0.3) is 0 Å². The van der Waals surface area contributed by atoms with Crippen LogP contribution in [0.1, 0.15) is 30.5 Å². The van der Waals surface area contributed by atoms with Gasteiger partial charge in [0.1, 0.15) is 0 Å². The third kappa shape index (κ3) is 2.21. The molecular formula is C13H13ClN4O. The molecule has 3 heterocycles. The molecule has 0 aromatic carbocycles. The van der Waals surface area contributed by atoms with Crippen LogP contribution in [-0.2, 0) is 11.3 Å². The van der Waals surface area contributed by atoms with E-state index >= 15 is 0 Å². The third-order valence-electron chi connectivity index (χ3n) is 3.24. The van der Waals surface area contributed by atoms with Crippen LogP contribution < -0.4 is 5.32 Å². The number of anilines is 1. The zero-order valence-electron chi connectivity index (χ0n) is 10.4. The topological polar surface area (TPSA) is 59.8 Å². The first-order chi connectivity index (χ1) is 9.17. The molecule has 0 saturated carbocycles. The van der Waals surface area contributed by atoms with Crippen molar-refractivity contribution in [2.75, 3.05) is 5.32 Å². The predicted molar refractivity (Wildman–Crippen MR) is 72.2 cm³/mol. The van der Waals surface area contributed by atoms with Crippen molar-refractivity contribution in [1.82, 2.24) is 14.8 Å². The summed E-state index contributed by atoms with van der Waals surface area (Å²) in [4.78, 5) is 16.1. The van der Waals surface area contributed by atoms with Gasteiger partial charge in [-0.2, -0.15) is 5.10 Å². The van der Waals surface area contributed by atoms with Gasteiger partial charge >= 0.3 is 0 Å². The minimum Gasteiger partial charge on any atom is -0.309 e. The second-order valence-electron chi connectivity index (χ2n) is 4.49. The standard InChI is InChI=1S/C13H13ClN4O/c1-2-18-7-10-9(5-12(19)16-13(10)17-18)11-4-3-8(14)6-15-11/h3-4,6-7,9H,2,5H2,1H3,(H,16,17,19). The molecule has 2 aromatic rings. The van der Waals surface area contributed by atoms with Gasteiger partial charge in [-0.25, -0.2) is 0 Å². The quantitative estimate of drug-likeness (QED) is 0.916. The molecule has 1 aliphatic rings.